The largest absolute Gasteiger partial charge is 0.437 e. The third-order valence-corrected chi connectivity index (χ3v) is 2.38. The number of benzene rings is 1. The van der Waals surface area contributed by atoms with E-state index in [-0.39, 0.29) is 0 Å². The van der Waals surface area contributed by atoms with Gasteiger partial charge in [0.2, 0.25) is 5.88 Å². The van der Waals surface area contributed by atoms with Crippen molar-refractivity contribution in [3.63, 3.8) is 0 Å². The molecule has 0 spiro atoms. The highest BCUT2D eigenvalue weighted by Crippen LogP contribution is 2.23. The van der Waals surface area contributed by atoms with Crippen LogP contribution in [0, 0.1) is 0 Å². The summed E-state index contributed by atoms with van der Waals surface area (Å²) in [6.45, 7) is 0. The van der Waals surface area contributed by atoms with Crippen LogP contribution in [0.4, 0.5) is 5.69 Å². The van der Waals surface area contributed by atoms with Gasteiger partial charge in [-0.3, -0.25) is 0 Å². The Balaban J connectivity index is 1.99. The second-order valence-electron chi connectivity index (χ2n) is 3.56. The van der Waals surface area contributed by atoms with E-state index in [0.717, 1.165) is 5.52 Å². The van der Waals surface area contributed by atoms with E-state index in [2.05, 4.69) is 10.1 Å². The summed E-state index contributed by atoms with van der Waals surface area (Å²) in [4.78, 5) is 4.18. The van der Waals surface area contributed by atoms with Crippen LogP contribution in [0.25, 0.3) is 5.52 Å². The van der Waals surface area contributed by atoms with Gasteiger partial charge < -0.3 is 10.5 Å². The van der Waals surface area contributed by atoms with Gasteiger partial charge in [0.15, 0.2) is 0 Å². The number of nitrogens with two attached hydrogens (primary N) is 1. The zero-order valence-electron chi connectivity index (χ0n) is 8.95. The Labute approximate surface area is 97.5 Å². The lowest BCUT2D eigenvalue weighted by Crippen LogP contribution is -1.93. The van der Waals surface area contributed by atoms with Gasteiger partial charge in [-0.25, -0.2) is 9.50 Å². The SMILES string of the molecule is Nc1ccc(Oc2nccn3nccc23)cc1. The fraction of sp³-hybridized carbons (Fsp3) is 0. The quantitative estimate of drug-likeness (QED) is 0.679. The van der Waals surface area contributed by atoms with E-state index in [9.17, 15) is 0 Å². The van der Waals surface area contributed by atoms with Crippen molar-refractivity contribution < 1.29 is 4.74 Å². The van der Waals surface area contributed by atoms with E-state index in [0.29, 0.717) is 17.3 Å². The lowest BCUT2D eigenvalue weighted by molar-refractivity contribution is 0.465. The second-order valence-corrected chi connectivity index (χ2v) is 3.56. The van der Waals surface area contributed by atoms with Crippen molar-refractivity contribution in [1.82, 2.24) is 14.6 Å². The van der Waals surface area contributed by atoms with Crippen molar-refractivity contribution in [1.29, 1.82) is 0 Å². The summed E-state index contributed by atoms with van der Waals surface area (Å²) in [5, 5.41) is 4.11. The molecule has 5 heteroatoms. The minimum Gasteiger partial charge on any atom is -0.437 e. The Morgan fingerprint density at radius 3 is 2.71 bits per heavy atom. The smallest absolute Gasteiger partial charge is 0.245 e. The van der Waals surface area contributed by atoms with E-state index >= 15 is 0 Å². The Kier molecular flexibility index (Phi) is 2.15. The van der Waals surface area contributed by atoms with Crippen LogP contribution in [0.1, 0.15) is 0 Å². The van der Waals surface area contributed by atoms with Crippen LogP contribution in [0.5, 0.6) is 11.6 Å². The normalized spacial score (nSPS) is 10.6. The van der Waals surface area contributed by atoms with Crippen LogP contribution in [-0.4, -0.2) is 14.6 Å². The van der Waals surface area contributed by atoms with Gasteiger partial charge in [-0.2, -0.15) is 5.10 Å². The second kappa shape index (κ2) is 3.79. The molecule has 0 bridgehead atoms. The fourth-order valence-electron chi connectivity index (χ4n) is 1.56. The molecule has 5 nitrogen and oxygen atoms in total. The topological polar surface area (TPSA) is 65.4 Å². The van der Waals surface area contributed by atoms with Crippen LogP contribution in [0.2, 0.25) is 0 Å². The summed E-state index contributed by atoms with van der Waals surface area (Å²) in [7, 11) is 0. The maximum atomic E-state index is 5.68. The minimum absolute atomic E-state index is 0.523. The van der Waals surface area contributed by atoms with E-state index < -0.39 is 0 Å². The highest BCUT2D eigenvalue weighted by atomic mass is 16.5. The molecule has 2 N–H and O–H groups in total. The lowest BCUT2D eigenvalue weighted by Gasteiger charge is -2.05. The highest BCUT2D eigenvalue weighted by Gasteiger charge is 2.05. The first-order chi connectivity index (χ1) is 8.33. The first-order valence-electron chi connectivity index (χ1n) is 5.15. The molecule has 0 saturated carbocycles. The molecule has 0 radical (unpaired) electrons. The van der Waals surface area contributed by atoms with Crippen molar-refractivity contribution in [3.8, 4) is 11.6 Å². The summed E-state index contributed by atoms with van der Waals surface area (Å²) in [6.07, 6.45) is 5.12. The van der Waals surface area contributed by atoms with E-state index in [4.69, 9.17) is 10.5 Å². The molecule has 17 heavy (non-hydrogen) atoms. The fourth-order valence-corrected chi connectivity index (χ4v) is 1.56. The Morgan fingerprint density at radius 2 is 1.88 bits per heavy atom. The van der Waals surface area contributed by atoms with Crippen LogP contribution in [0.3, 0.4) is 0 Å². The molecule has 0 aliphatic heterocycles. The van der Waals surface area contributed by atoms with Crippen LogP contribution >= 0.6 is 0 Å². The molecule has 3 rings (SSSR count). The molecule has 1 aromatic carbocycles. The van der Waals surface area contributed by atoms with E-state index in [1.54, 1.807) is 47.4 Å². The lowest BCUT2D eigenvalue weighted by atomic mass is 10.3. The summed E-state index contributed by atoms with van der Waals surface area (Å²) >= 11 is 0. The minimum atomic E-state index is 0.523. The number of nitrogen functional groups attached to an aromatic ring is 1. The van der Waals surface area contributed by atoms with Crippen molar-refractivity contribution in [2.75, 3.05) is 5.73 Å². The molecule has 0 aliphatic rings. The van der Waals surface area contributed by atoms with Gasteiger partial charge >= 0.3 is 0 Å². The first-order valence-corrected chi connectivity index (χ1v) is 5.15. The third-order valence-electron chi connectivity index (χ3n) is 2.38. The number of hydrogen-bond donors (Lipinski definition) is 1. The van der Waals surface area contributed by atoms with Crippen molar-refractivity contribution >= 4 is 11.2 Å². The van der Waals surface area contributed by atoms with Crippen LogP contribution in [-0.2, 0) is 0 Å². The zero-order valence-corrected chi connectivity index (χ0v) is 8.95. The van der Waals surface area contributed by atoms with Gasteiger partial charge in [0.05, 0.1) is 6.20 Å². The Bertz CT molecular complexity index is 645. The molecular formula is C12H10N4O. The maximum Gasteiger partial charge on any atom is 0.245 e. The molecule has 0 saturated heterocycles. The molecule has 0 amide bonds. The van der Waals surface area contributed by atoms with Gasteiger partial charge in [0.1, 0.15) is 11.3 Å². The standard InChI is InChI=1S/C12H10N4O/c13-9-1-3-10(4-2-9)17-12-11-5-6-15-16(11)8-7-14-12/h1-8H,13H2. The predicted molar refractivity (Wildman–Crippen MR) is 63.9 cm³/mol. The molecular weight excluding hydrogens is 216 g/mol. The van der Waals surface area contributed by atoms with E-state index in [1.807, 2.05) is 6.07 Å². The molecule has 0 fully saturated rings. The van der Waals surface area contributed by atoms with Gasteiger partial charge in [-0.05, 0) is 30.3 Å². The number of anilines is 1. The average molecular weight is 226 g/mol. The summed E-state index contributed by atoms with van der Waals surface area (Å²) < 4.78 is 7.39. The monoisotopic (exact) mass is 226 g/mol. The number of ether oxygens (including phenoxy) is 1. The molecule has 84 valence electrons. The summed E-state index contributed by atoms with van der Waals surface area (Å²) in [6, 6.07) is 9.02. The molecule has 0 unspecified atom stereocenters. The third kappa shape index (κ3) is 1.78. The zero-order chi connectivity index (χ0) is 11.7. The number of fused-ring (bicyclic) bond motifs is 1. The maximum absolute atomic E-state index is 5.68. The Morgan fingerprint density at radius 1 is 1.06 bits per heavy atom. The number of aromatic nitrogens is 3. The van der Waals surface area contributed by atoms with Crippen LogP contribution < -0.4 is 10.5 Å². The molecule has 3 aromatic rings. The van der Waals surface area contributed by atoms with Crippen molar-refractivity contribution in [3.05, 3.63) is 48.9 Å². The number of hydrogen-bond acceptors (Lipinski definition) is 4. The first kappa shape index (κ1) is 9.65. The number of nitrogens with zero attached hydrogens (tertiary/aromatic N) is 3. The van der Waals surface area contributed by atoms with Crippen LogP contribution in [0.15, 0.2) is 48.9 Å². The van der Waals surface area contributed by atoms with Gasteiger partial charge in [0.25, 0.3) is 0 Å². The predicted octanol–water partition coefficient (Wildman–Crippen LogP) is 2.10. The molecule has 0 aliphatic carbocycles. The van der Waals surface area contributed by atoms with Gasteiger partial charge in [-0.1, -0.05) is 0 Å². The van der Waals surface area contributed by atoms with Gasteiger partial charge in [-0.15, -0.1) is 0 Å². The van der Waals surface area contributed by atoms with Crippen molar-refractivity contribution in [2.24, 2.45) is 0 Å². The average Bonchev–Trinajstić information content (AvgIpc) is 2.81. The molecule has 2 heterocycles. The van der Waals surface area contributed by atoms with Crippen molar-refractivity contribution in [2.45, 2.75) is 0 Å². The summed E-state index contributed by atoms with van der Waals surface area (Å²) in [5.41, 5.74) is 7.13. The molecule has 2 aromatic heterocycles. The Hall–Kier alpha value is -2.56. The molecule has 0 atom stereocenters. The number of rotatable bonds is 2. The van der Waals surface area contributed by atoms with E-state index in [1.165, 1.54) is 0 Å². The summed E-state index contributed by atoms with van der Waals surface area (Å²) in [5.74, 6) is 1.22. The van der Waals surface area contributed by atoms with Gasteiger partial charge in [0, 0.05) is 18.1 Å². The highest BCUT2D eigenvalue weighted by molar-refractivity contribution is 5.56.